The molecule has 0 heterocycles. The maximum Gasteiger partial charge on any atom is 0.232 e. The topological polar surface area (TPSA) is 83.6 Å². The van der Waals surface area contributed by atoms with E-state index in [1.54, 1.807) is 0 Å². The summed E-state index contributed by atoms with van der Waals surface area (Å²) in [6, 6.07) is 2.68. The number of nitrogens with one attached hydrogen (secondary N) is 1. The quantitative estimate of drug-likeness (QED) is 0.713. The minimum Gasteiger partial charge on any atom is -0.269 e. The summed E-state index contributed by atoms with van der Waals surface area (Å²) in [6.07, 6.45) is 2.11. The van der Waals surface area contributed by atoms with Crippen molar-refractivity contribution in [2.24, 2.45) is 0 Å². The minimum absolute atomic E-state index is 0.0481. The molecule has 0 bridgehead atoms. The maximum atomic E-state index is 13.3. The van der Waals surface area contributed by atoms with Gasteiger partial charge in [-0.2, -0.15) is 0 Å². The third-order valence-electron chi connectivity index (χ3n) is 2.99. The highest BCUT2D eigenvalue weighted by atomic mass is 32.2. The number of halogens is 2. The molecule has 0 fully saturated rings. The molecule has 10 heteroatoms. The second kappa shape index (κ2) is 8.02. The van der Waals surface area contributed by atoms with Gasteiger partial charge in [0, 0.05) is 19.2 Å². The Labute approximate surface area is 135 Å². The van der Waals surface area contributed by atoms with Crippen molar-refractivity contribution in [3.8, 4) is 0 Å². The van der Waals surface area contributed by atoms with Crippen molar-refractivity contribution in [3.05, 3.63) is 29.8 Å². The molecule has 0 saturated heterocycles. The van der Waals surface area contributed by atoms with Gasteiger partial charge in [0.05, 0.1) is 17.7 Å². The average Bonchev–Trinajstić information content (AvgIpc) is 2.43. The van der Waals surface area contributed by atoms with Crippen molar-refractivity contribution in [3.63, 3.8) is 0 Å². The molecule has 0 aromatic heterocycles. The van der Waals surface area contributed by atoms with Crippen LogP contribution in [0.5, 0.6) is 0 Å². The first kappa shape index (κ1) is 19.8. The van der Waals surface area contributed by atoms with Gasteiger partial charge in [0.25, 0.3) is 0 Å². The van der Waals surface area contributed by atoms with E-state index in [0.29, 0.717) is 12.8 Å². The number of hydrogen-bond acceptors (Lipinski definition) is 4. The molecule has 0 amide bonds. The second-order valence-electron chi connectivity index (χ2n) is 5.00. The van der Waals surface area contributed by atoms with E-state index in [2.05, 4.69) is 4.72 Å². The van der Waals surface area contributed by atoms with Gasteiger partial charge in [-0.25, -0.2) is 30.3 Å². The second-order valence-corrected chi connectivity index (χ2v) is 8.83. The molecule has 132 valence electrons. The zero-order valence-electron chi connectivity index (χ0n) is 12.9. The van der Waals surface area contributed by atoms with Gasteiger partial charge in [-0.05, 0) is 18.6 Å². The SMILES string of the molecule is CCCCS(=O)(=O)NCCN(c1ccc(F)c(F)c1)S(C)(=O)=O. The summed E-state index contributed by atoms with van der Waals surface area (Å²) in [5.41, 5.74) is -0.0702. The van der Waals surface area contributed by atoms with Gasteiger partial charge in [-0.3, -0.25) is 4.31 Å². The molecular weight excluding hydrogens is 350 g/mol. The van der Waals surface area contributed by atoms with Crippen LogP contribution in [0.15, 0.2) is 18.2 Å². The number of anilines is 1. The number of unbranched alkanes of at least 4 members (excludes halogenated alkanes) is 1. The van der Waals surface area contributed by atoms with Crippen LogP contribution in [0.3, 0.4) is 0 Å². The fourth-order valence-electron chi connectivity index (χ4n) is 1.84. The Morgan fingerprint density at radius 1 is 1.13 bits per heavy atom. The van der Waals surface area contributed by atoms with E-state index >= 15 is 0 Å². The first-order valence-electron chi connectivity index (χ1n) is 6.97. The predicted octanol–water partition coefficient (Wildman–Crippen LogP) is 1.45. The normalized spacial score (nSPS) is 12.3. The predicted molar refractivity (Wildman–Crippen MR) is 85.2 cm³/mol. The molecule has 0 spiro atoms. The van der Waals surface area contributed by atoms with Gasteiger partial charge < -0.3 is 0 Å². The molecule has 0 radical (unpaired) electrons. The summed E-state index contributed by atoms with van der Waals surface area (Å²) >= 11 is 0. The zero-order chi connectivity index (χ0) is 17.7. The van der Waals surface area contributed by atoms with Crippen LogP contribution in [-0.2, 0) is 20.0 Å². The number of hydrogen-bond donors (Lipinski definition) is 1. The lowest BCUT2D eigenvalue weighted by molar-refractivity contribution is 0.508. The first-order chi connectivity index (χ1) is 10.6. The molecule has 1 aromatic rings. The standard InChI is InChI=1S/C13H20F2N2O4S2/c1-3-4-9-23(20,21)16-7-8-17(22(2,18)19)11-5-6-12(14)13(15)10-11/h5-6,10,16H,3-4,7-9H2,1-2H3. The van der Waals surface area contributed by atoms with Gasteiger partial charge in [0.2, 0.25) is 20.0 Å². The highest BCUT2D eigenvalue weighted by Gasteiger charge is 2.19. The van der Waals surface area contributed by atoms with E-state index in [-0.39, 0.29) is 24.5 Å². The van der Waals surface area contributed by atoms with E-state index < -0.39 is 31.7 Å². The molecular formula is C13H20F2N2O4S2. The molecule has 0 aliphatic rings. The molecule has 0 aliphatic heterocycles. The molecule has 23 heavy (non-hydrogen) atoms. The van der Waals surface area contributed by atoms with E-state index in [9.17, 15) is 25.6 Å². The van der Waals surface area contributed by atoms with Crippen LogP contribution < -0.4 is 9.03 Å². The lowest BCUT2D eigenvalue weighted by Gasteiger charge is -2.22. The Hall–Kier alpha value is -1.26. The fourth-order valence-corrected chi connectivity index (χ4v) is 3.97. The van der Waals surface area contributed by atoms with Gasteiger partial charge in [0.15, 0.2) is 11.6 Å². The van der Waals surface area contributed by atoms with Crippen molar-refractivity contribution in [1.82, 2.24) is 4.72 Å². The summed E-state index contributed by atoms with van der Waals surface area (Å²) in [6.45, 7) is 1.46. The van der Waals surface area contributed by atoms with Crippen molar-refractivity contribution >= 4 is 25.7 Å². The highest BCUT2D eigenvalue weighted by molar-refractivity contribution is 7.92. The summed E-state index contributed by atoms with van der Waals surface area (Å²) in [7, 11) is -7.26. The third kappa shape index (κ3) is 6.40. The number of sulfonamides is 2. The number of benzene rings is 1. The monoisotopic (exact) mass is 370 g/mol. The van der Waals surface area contributed by atoms with Crippen molar-refractivity contribution in [2.75, 3.05) is 29.4 Å². The van der Waals surface area contributed by atoms with Gasteiger partial charge in [-0.1, -0.05) is 13.3 Å². The zero-order valence-corrected chi connectivity index (χ0v) is 14.6. The Bertz CT molecular complexity index is 736. The molecule has 0 atom stereocenters. The molecule has 0 saturated carbocycles. The third-order valence-corrected chi connectivity index (χ3v) is 5.66. The van der Waals surface area contributed by atoms with E-state index in [1.807, 2.05) is 6.92 Å². The van der Waals surface area contributed by atoms with Crippen LogP contribution in [0, 0.1) is 11.6 Å². The summed E-state index contributed by atoms with van der Waals surface area (Å²) in [5.74, 6) is -2.32. The first-order valence-corrected chi connectivity index (χ1v) is 10.5. The van der Waals surface area contributed by atoms with Crippen molar-refractivity contribution in [1.29, 1.82) is 0 Å². The fraction of sp³-hybridized carbons (Fsp3) is 0.538. The number of rotatable bonds is 9. The van der Waals surface area contributed by atoms with Crippen LogP contribution >= 0.6 is 0 Å². The maximum absolute atomic E-state index is 13.3. The molecule has 1 rings (SSSR count). The highest BCUT2D eigenvalue weighted by Crippen LogP contribution is 2.20. The minimum atomic E-state index is -3.77. The Kier molecular flexibility index (Phi) is 6.90. The average molecular weight is 370 g/mol. The lowest BCUT2D eigenvalue weighted by Crippen LogP contribution is -2.38. The summed E-state index contributed by atoms with van der Waals surface area (Å²) in [4.78, 5) is 0. The van der Waals surface area contributed by atoms with E-state index in [1.165, 1.54) is 0 Å². The molecule has 0 aliphatic carbocycles. The largest absolute Gasteiger partial charge is 0.269 e. The van der Waals surface area contributed by atoms with Crippen LogP contribution in [0.25, 0.3) is 0 Å². The molecule has 0 unspecified atom stereocenters. The van der Waals surface area contributed by atoms with E-state index in [0.717, 1.165) is 28.8 Å². The van der Waals surface area contributed by atoms with Gasteiger partial charge >= 0.3 is 0 Å². The molecule has 6 nitrogen and oxygen atoms in total. The van der Waals surface area contributed by atoms with Crippen LogP contribution in [0.2, 0.25) is 0 Å². The summed E-state index contributed by atoms with van der Waals surface area (Å²) in [5, 5.41) is 0. The van der Waals surface area contributed by atoms with Crippen molar-refractivity contribution in [2.45, 2.75) is 19.8 Å². The van der Waals surface area contributed by atoms with Crippen molar-refractivity contribution < 1.29 is 25.6 Å². The summed E-state index contributed by atoms with van der Waals surface area (Å²) < 4.78 is 76.2. The molecule has 1 N–H and O–H groups in total. The Balaban J connectivity index is 2.84. The van der Waals surface area contributed by atoms with E-state index in [4.69, 9.17) is 0 Å². The lowest BCUT2D eigenvalue weighted by atomic mass is 10.3. The van der Waals surface area contributed by atoms with Crippen LogP contribution in [0.1, 0.15) is 19.8 Å². The van der Waals surface area contributed by atoms with Crippen LogP contribution in [-0.4, -0.2) is 41.9 Å². The number of nitrogens with zero attached hydrogens (tertiary/aromatic N) is 1. The van der Waals surface area contributed by atoms with Gasteiger partial charge in [-0.15, -0.1) is 0 Å². The Morgan fingerprint density at radius 3 is 2.30 bits per heavy atom. The Morgan fingerprint density at radius 2 is 1.78 bits per heavy atom. The smallest absolute Gasteiger partial charge is 0.232 e. The molecule has 1 aromatic carbocycles. The van der Waals surface area contributed by atoms with Gasteiger partial charge in [0.1, 0.15) is 0 Å². The van der Waals surface area contributed by atoms with Crippen LogP contribution in [0.4, 0.5) is 14.5 Å².